The van der Waals surface area contributed by atoms with Crippen LogP contribution in [0.4, 0.5) is 0 Å². The Labute approximate surface area is 145 Å². The van der Waals surface area contributed by atoms with Gasteiger partial charge in [-0.3, -0.25) is 9.69 Å². The highest BCUT2D eigenvalue weighted by atomic mass is 16.5. The van der Waals surface area contributed by atoms with Crippen LogP contribution in [0.5, 0.6) is 0 Å². The van der Waals surface area contributed by atoms with Gasteiger partial charge in [0.25, 0.3) is 0 Å². The van der Waals surface area contributed by atoms with Gasteiger partial charge in [0.1, 0.15) is 5.54 Å². The van der Waals surface area contributed by atoms with Crippen molar-refractivity contribution in [3.05, 3.63) is 35.9 Å². The van der Waals surface area contributed by atoms with Crippen LogP contribution in [-0.4, -0.2) is 48.2 Å². The molecule has 1 fully saturated rings. The van der Waals surface area contributed by atoms with E-state index in [0.717, 1.165) is 18.7 Å². The van der Waals surface area contributed by atoms with Crippen LogP contribution in [0.15, 0.2) is 30.3 Å². The highest BCUT2D eigenvalue weighted by Crippen LogP contribution is 2.22. The summed E-state index contributed by atoms with van der Waals surface area (Å²) in [6.07, 6.45) is 0.403. The Morgan fingerprint density at radius 3 is 2.29 bits per heavy atom. The normalized spacial score (nSPS) is 25.1. The minimum absolute atomic E-state index is 0.156. The van der Waals surface area contributed by atoms with Gasteiger partial charge in [-0.15, -0.1) is 0 Å². The molecule has 5 nitrogen and oxygen atoms in total. The van der Waals surface area contributed by atoms with Gasteiger partial charge in [-0.2, -0.15) is 0 Å². The third kappa shape index (κ3) is 4.35. The molecule has 1 aliphatic rings. The first-order chi connectivity index (χ1) is 11.1. The summed E-state index contributed by atoms with van der Waals surface area (Å²) >= 11 is 0. The van der Waals surface area contributed by atoms with E-state index in [1.165, 1.54) is 0 Å². The maximum absolute atomic E-state index is 12.6. The van der Waals surface area contributed by atoms with Crippen molar-refractivity contribution < 1.29 is 9.53 Å². The van der Waals surface area contributed by atoms with Crippen molar-refractivity contribution in [2.75, 3.05) is 19.6 Å². The fourth-order valence-electron chi connectivity index (χ4n) is 3.18. The zero-order valence-electron chi connectivity index (χ0n) is 15.5. The van der Waals surface area contributed by atoms with Crippen molar-refractivity contribution in [3.63, 3.8) is 0 Å². The van der Waals surface area contributed by atoms with Crippen molar-refractivity contribution in [2.24, 2.45) is 5.73 Å². The molecule has 3 N–H and O–H groups in total. The molecule has 3 unspecified atom stereocenters. The molecule has 1 aromatic carbocycles. The fraction of sp³-hybridized carbons (Fsp3) is 0.632. The number of nitrogens with zero attached hydrogens (tertiary/aromatic N) is 1. The largest absolute Gasteiger partial charge is 0.373 e. The van der Waals surface area contributed by atoms with Crippen LogP contribution in [0.25, 0.3) is 0 Å². The van der Waals surface area contributed by atoms with Crippen LogP contribution in [0.1, 0.15) is 40.2 Å². The van der Waals surface area contributed by atoms with Gasteiger partial charge in [0, 0.05) is 25.2 Å². The van der Waals surface area contributed by atoms with Gasteiger partial charge >= 0.3 is 0 Å². The summed E-state index contributed by atoms with van der Waals surface area (Å²) in [7, 11) is 0. The van der Waals surface area contributed by atoms with E-state index in [0.29, 0.717) is 6.54 Å². The maximum Gasteiger partial charge on any atom is 0.244 e. The third-order valence-electron chi connectivity index (χ3n) is 4.80. The average Bonchev–Trinajstić information content (AvgIpc) is 2.52. The SMILES string of the molecule is CC1CN(C(C)(C)CNC(=O)C(C)(N)c2ccccc2)CC(C)O1. The third-order valence-corrected chi connectivity index (χ3v) is 4.80. The molecular weight excluding hydrogens is 302 g/mol. The molecule has 0 bridgehead atoms. The van der Waals surface area contributed by atoms with Gasteiger partial charge in [-0.05, 0) is 40.2 Å². The van der Waals surface area contributed by atoms with Crippen molar-refractivity contribution >= 4 is 5.91 Å². The number of carbonyl (C=O) groups is 1. The molecule has 3 atom stereocenters. The molecule has 1 aromatic rings. The van der Waals surface area contributed by atoms with E-state index < -0.39 is 5.54 Å². The van der Waals surface area contributed by atoms with E-state index in [-0.39, 0.29) is 23.7 Å². The maximum atomic E-state index is 12.6. The van der Waals surface area contributed by atoms with E-state index in [2.05, 4.69) is 37.9 Å². The Balaban J connectivity index is 1.99. The smallest absolute Gasteiger partial charge is 0.244 e. The predicted molar refractivity (Wildman–Crippen MR) is 96.7 cm³/mol. The number of carbonyl (C=O) groups excluding carboxylic acids is 1. The molecule has 1 aliphatic heterocycles. The Morgan fingerprint density at radius 2 is 1.75 bits per heavy atom. The molecule has 134 valence electrons. The van der Waals surface area contributed by atoms with Gasteiger partial charge in [0.2, 0.25) is 5.91 Å². The van der Waals surface area contributed by atoms with Gasteiger partial charge < -0.3 is 15.8 Å². The number of morpholine rings is 1. The summed E-state index contributed by atoms with van der Waals surface area (Å²) in [4.78, 5) is 15.0. The van der Waals surface area contributed by atoms with E-state index in [1.54, 1.807) is 6.92 Å². The van der Waals surface area contributed by atoms with E-state index >= 15 is 0 Å². The zero-order valence-corrected chi connectivity index (χ0v) is 15.5. The molecule has 24 heavy (non-hydrogen) atoms. The number of hydrogen-bond acceptors (Lipinski definition) is 4. The minimum atomic E-state index is -1.04. The first kappa shape index (κ1) is 18.9. The Morgan fingerprint density at radius 1 is 1.21 bits per heavy atom. The lowest BCUT2D eigenvalue weighted by Crippen LogP contribution is -2.60. The van der Waals surface area contributed by atoms with Crippen molar-refractivity contribution in [1.82, 2.24) is 10.2 Å². The second-order valence-corrected chi connectivity index (χ2v) is 7.73. The average molecular weight is 333 g/mol. The van der Waals surface area contributed by atoms with E-state index in [1.807, 2.05) is 30.3 Å². The summed E-state index contributed by atoms with van der Waals surface area (Å²) in [6, 6.07) is 9.48. The molecule has 1 heterocycles. The van der Waals surface area contributed by atoms with E-state index in [9.17, 15) is 4.79 Å². The standard InChI is InChI=1S/C19H31N3O2/c1-14-11-22(12-15(2)24-14)18(3,4)13-21-17(23)19(5,20)16-9-7-6-8-10-16/h6-10,14-15H,11-13,20H2,1-5H3,(H,21,23). The first-order valence-electron chi connectivity index (χ1n) is 8.66. The summed E-state index contributed by atoms with van der Waals surface area (Å²) in [5.41, 5.74) is 5.90. The van der Waals surface area contributed by atoms with Gasteiger partial charge in [-0.25, -0.2) is 0 Å². The van der Waals surface area contributed by atoms with Crippen LogP contribution in [0.3, 0.4) is 0 Å². The number of nitrogens with two attached hydrogens (primary N) is 1. The molecule has 5 heteroatoms. The zero-order chi connectivity index (χ0) is 18.0. The number of rotatable bonds is 5. The summed E-state index contributed by atoms with van der Waals surface area (Å²) < 4.78 is 5.80. The molecular formula is C19H31N3O2. The lowest BCUT2D eigenvalue weighted by molar-refractivity contribution is -0.127. The Kier molecular flexibility index (Phi) is 5.68. The second-order valence-electron chi connectivity index (χ2n) is 7.73. The quantitative estimate of drug-likeness (QED) is 0.863. The number of benzene rings is 1. The van der Waals surface area contributed by atoms with Gasteiger partial charge in [0.05, 0.1) is 12.2 Å². The minimum Gasteiger partial charge on any atom is -0.373 e. The molecule has 0 aliphatic carbocycles. The topological polar surface area (TPSA) is 67.6 Å². The van der Waals surface area contributed by atoms with Crippen molar-refractivity contribution in [1.29, 1.82) is 0 Å². The van der Waals surface area contributed by atoms with Crippen LogP contribution in [0.2, 0.25) is 0 Å². The summed E-state index contributed by atoms with van der Waals surface area (Å²) in [5, 5.41) is 3.04. The van der Waals surface area contributed by atoms with Crippen LogP contribution < -0.4 is 11.1 Å². The van der Waals surface area contributed by atoms with Crippen LogP contribution in [0, 0.1) is 0 Å². The molecule has 0 saturated carbocycles. The monoisotopic (exact) mass is 333 g/mol. The summed E-state index contributed by atoms with van der Waals surface area (Å²) in [5.74, 6) is -0.156. The molecule has 0 spiro atoms. The fourth-order valence-corrected chi connectivity index (χ4v) is 3.18. The van der Waals surface area contributed by atoms with Crippen molar-refractivity contribution in [3.8, 4) is 0 Å². The lowest BCUT2D eigenvalue weighted by atomic mass is 9.91. The molecule has 0 aromatic heterocycles. The molecule has 0 radical (unpaired) electrons. The number of amides is 1. The van der Waals surface area contributed by atoms with Crippen LogP contribution >= 0.6 is 0 Å². The first-order valence-corrected chi connectivity index (χ1v) is 8.66. The van der Waals surface area contributed by atoms with E-state index in [4.69, 9.17) is 10.5 Å². The Bertz CT molecular complexity index is 547. The number of ether oxygens (including phenoxy) is 1. The van der Waals surface area contributed by atoms with Gasteiger partial charge in [0.15, 0.2) is 0 Å². The highest BCUT2D eigenvalue weighted by Gasteiger charge is 2.36. The highest BCUT2D eigenvalue weighted by molar-refractivity contribution is 5.87. The van der Waals surface area contributed by atoms with Crippen molar-refractivity contribution in [2.45, 2.75) is 57.9 Å². The van der Waals surface area contributed by atoms with Gasteiger partial charge in [-0.1, -0.05) is 30.3 Å². The van der Waals surface area contributed by atoms with Crippen LogP contribution in [-0.2, 0) is 15.1 Å². The number of nitrogens with one attached hydrogen (secondary N) is 1. The molecule has 1 amide bonds. The molecule has 1 saturated heterocycles. The lowest BCUT2D eigenvalue weighted by Gasteiger charge is -2.45. The summed E-state index contributed by atoms with van der Waals surface area (Å²) in [6.45, 7) is 12.5. The second kappa shape index (κ2) is 7.21. The number of hydrogen-bond donors (Lipinski definition) is 2. The Hall–Kier alpha value is -1.43. The molecule has 2 rings (SSSR count). The predicted octanol–water partition coefficient (Wildman–Crippen LogP) is 1.86.